The maximum atomic E-state index is 13.5. The molecule has 0 fully saturated rings. The first-order chi connectivity index (χ1) is 18.7. The van der Waals surface area contributed by atoms with E-state index in [9.17, 15) is 40.7 Å². The summed E-state index contributed by atoms with van der Waals surface area (Å²) in [6.45, 7) is 0. The van der Waals surface area contributed by atoms with Gasteiger partial charge in [0.15, 0.2) is 0 Å². The second-order valence-corrected chi connectivity index (χ2v) is 9.32. The predicted molar refractivity (Wildman–Crippen MR) is 135 cm³/mol. The summed E-state index contributed by atoms with van der Waals surface area (Å²) >= 11 is 6.06. The van der Waals surface area contributed by atoms with E-state index in [1.165, 1.54) is 0 Å². The van der Waals surface area contributed by atoms with E-state index >= 15 is 0 Å². The van der Waals surface area contributed by atoms with Gasteiger partial charge in [0.2, 0.25) is 18.0 Å². The fourth-order valence-corrected chi connectivity index (χ4v) is 4.66. The van der Waals surface area contributed by atoms with Crippen molar-refractivity contribution in [1.29, 1.82) is 0 Å². The second-order valence-electron chi connectivity index (χ2n) is 9.08. The first-order valence-electron chi connectivity index (χ1n) is 12.0. The summed E-state index contributed by atoms with van der Waals surface area (Å²) in [4.78, 5) is 44.3. The number of rotatable bonds is 10. The fourth-order valence-electron chi connectivity index (χ4n) is 4.41. The fraction of sp³-hybridized carbons (Fsp3) is 0.385. The first-order valence-corrected chi connectivity index (χ1v) is 12.6. The Balaban J connectivity index is 2.03. The molecule has 3 atom stereocenters. The van der Waals surface area contributed by atoms with E-state index in [0.29, 0.717) is 16.8 Å². The van der Waals surface area contributed by atoms with Crippen LogP contribution < -0.4 is 16.0 Å². The third kappa shape index (κ3) is 7.96. The van der Waals surface area contributed by atoms with Gasteiger partial charge in [-0.25, -0.2) is 4.99 Å². The number of nitrogens with two attached hydrogens (primary N) is 1. The van der Waals surface area contributed by atoms with Crippen molar-refractivity contribution < 1.29 is 40.7 Å². The second kappa shape index (κ2) is 12.7. The molecule has 40 heavy (non-hydrogen) atoms. The Morgan fingerprint density at radius 3 is 2.02 bits per heavy atom. The molecule has 0 saturated heterocycles. The molecule has 216 valence electrons. The lowest BCUT2D eigenvalue weighted by atomic mass is 9.83. The molecule has 2 aromatic carbocycles. The van der Waals surface area contributed by atoms with Gasteiger partial charge in [-0.05, 0) is 18.9 Å². The number of benzodiazepines with no additional fused rings is 1. The van der Waals surface area contributed by atoms with Crippen LogP contribution in [0.15, 0.2) is 59.6 Å². The summed E-state index contributed by atoms with van der Waals surface area (Å²) in [6, 6.07) is 14.7. The number of nitrogens with zero attached hydrogens (tertiary/aromatic N) is 2. The standard InChI is InChI=1S/C26H25ClF6N4O3/c27-14-37-19-9-5-4-8-18(19)20(15-6-2-1-3-7-15)35-22(24(37)40)36-23(39)17(11-13-26(31,32)33)16(21(34)38)10-12-25(28,29)30/h1-9,16-17,22H,10-14H2,(H2,34,38)(H,36,39)/t16-,17+,22?/m0/s1. The maximum Gasteiger partial charge on any atom is 0.389 e. The van der Waals surface area contributed by atoms with Gasteiger partial charge in [-0.2, -0.15) is 26.3 Å². The number of amides is 3. The summed E-state index contributed by atoms with van der Waals surface area (Å²) in [5, 5.41) is 2.24. The van der Waals surface area contributed by atoms with Gasteiger partial charge in [-0.1, -0.05) is 48.5 Å². The molecule has 3 rings (SSSR count). The number of anilines is 1. The Morgan fingerprint density at radius 2 is 1.48 bits per heavy atom. The lowest BCUT2D eigenvalue weighted by Crippen LogP contribution is -2.50. The number of carbonyl (C=O) groups excluding carboxylic acids is 3. The molecule has 3 N–H and O–H groups in total. The quantitative estimate of drug-likeness (QED) is 0.233. The Morgan fingerprint density at radius 1 is 0.925 bits per heavy atom. The first kappa shape index (κ1) is 30.9. The molecule has 3 amide bonds. The smallest absolute Gasteiger partial charge is 0.369 e. The zero-order chi connectivity index (χ0) is 29.7. The number of fused-ring (bicyclic) bond motifs is 1. The van der Waals surface area contributed by atoms with Crippen LogP contribution in [0.5, 0.6) is 0 Å². The van der Waals surface area contributed by atoms with Gasteiger partial charge in [0.25, 0.3) is 5.91 Å². The van der Waals surface area contributed by atoms with Crippen LogP contribution in [0.25, 0.3) is 0 Å². The number of halogens is 7. The van der Waals surface area contributed by atoms with Crippen LogP contribution in [-0.4, -0.2) is 48.0 Å². The highest BCUT2D eigenvalue weighted by molar-refractivity contribution is 6.25. The van der Waals surface area contributed by atoms with Crippen LogP contribution in [0, 0.1) is 11.8 Å². The van der Waals surface area contributed by atoms with Gasteiger partial charge >= 0.3 is 12.4 Å². The zero-order valence-corrected chi connectivity index (χ0v) is 21.6. The molecule has 0 bridgehead atoms. The Labute approximate surface area is 230 Å². The Hall–Kier alpha value is -3.61. The number of hydrogen-bond acceptors (Lipinski definition) is 4. The highest BCUT2D eigenvalue weighted by Gasteiger charge is 2.41. The minimum Gasteiger partial charge on any atom is -0.369 e. The maximum absolute atomic E-state index is 13.5. The van der Waals surface area contributed by atoms with Crippen molar-refractivity contribution in [3.8, 4) is 0 Å². The number of carbonyl (C=O) groups is 3. The van der Waals surface area contributed by atoms with Gasteiger partial charge in [-0.15, -0.1) is 11.6 Å². The van der Waals surface area contributed by atoms with Crippen LogP contribution in [0.2, 0.25) is 0 Å². The molecule has 0 saturated carbocycles. The van der Waals surface area contributed by atoms with E-state index in [2.05, 4.69) is 10.3 Å². The largest absolute Gasteiger partial charge is 0.389 e. The van der Waals surface area contributed by atoms with E-state index in [-0.39, 0.29) is 11.7 Å². The number of hydrogen-bond donors (Lipinski definition) is 2. The highest BCUT2D eigenvalue weighted by atomic mass is 35.5. The van der Waals surface area contributed by atoms with Crippen molar-refractivity contribution in [3.05, 3.63) is 65.7 Å². The summed E-state index contributed by atoms with van der Waals surface area (Å²) in [5.41, 5.74) is 6.83. The molecular formula is C26H25ClF6N4O3. The molecule has 14 heteroatoms. The molecule has 2 aromatic rings. The molecule has 0 aliphatic carbocycles. The number of benzene rings is 2. The number of primary amides is 1. The van der Waals surface area contributed by atoms with E-state index in [1.807, 2.05) is 0 Å². The molecule has 1 aliphatic heterocycles. The van der Waals surface area contributed by atoms with Gasteiger partial charge in [0.05, 0.1) is 11.4 Å². The van der Waals surface area contributed by atoms with Crippen molar-refractivity contribution in [2.24, 2.45) is 22.6 Å². The van der Waals surface area contributed by atoms with Crippen LogP contribution >= 0.6 is 11.6 Å². The van der Waals surface area contributed by atoms with Crippen molar-refractivity contribution in [2.45, 2.75) is 44.2 Å². The SMILES string of the molecule is NC(=O)[C@@H](CCC(F)(F)F)[C@@H](CCC(F)(F)F)C(=O)NC1N=C(c2ccccc2)c2ccccc2N(CCl)C1=O. The third-order valence-corrected chi connectivity index (χ3v) is 6.56. The van der Waals surface area contributed by atoms with Crippen LogP contribution in [0.4, 0.5) is 32.0 Å². The van der Waals surface area contributed by atoms with Gasteiger partial charge in [-0.3, -0.25) is 19.3 Å². The van der Waals surface area contributed by atoms with E-state index in [1.54, 1.807) is 54.6 Å². The molecular weight excluding hydrogens is 566 g/mol. The lowest BCUT2D eigenvalue weighted by molar-refractivity contribution is -0.152. The van der Waals surface area contributed by atoms with Crippen molar-refractivity contribution in [3.63, 3.8) is 0 Å². The summed E-state index contributed by atoms with van der Waals surface area (Å²) < 4.78 is 77.8. The van der Waals surface area contributed by atoms with Gasteiger partial charge in [0.1, 0.15) is 6.00 Å². The normalized spacial score (nSPS) is 17.4. The molecule has 0 aromatic heterocycles. The number of aliphatic imine (C=N–C) groups is 1. The monoisotopic (exact) mass is 590 g/mol. The molecule has 1 unspecified atom stereocenters. The lowest BCUT2D eigenvalue weighted by Gasteiger charge is -2.27. The van der Waals surface area contributed by atoms with Crippen LogP contribution in [0.1, 0.15) is 36.8 Å². The minimum absolute atomic E-state index is 0.248. The predicted octanol–water partition coefficient (Wildman–Crippen LogP) is 4.91. The number of nitrogens with one attached hydrogen (secondary N) is 1. The van der Waals surface area contributed by atoms with Gasteiger partial charge in [0, 0.05) is 35.8 Å². The number of alkyl halides is 7. The number of para-hydroxylation sites is 1. The van der Waals surface area contributed by atoms with E-state index < -0.39 is 73.8 Å². The minimum atomic E-state index is -4.78. The van der Waals surface area contributed by atoms with Crippen molar-refractivity contribution >= 4 is 40.7 Å². The van der Waals surface area contributed by atoms with E-state index in [0.717, 1.165) is 4.90 Å². The topological polar surface area (TPSA) is 105 Å². The zero-order valence-electron chi connectivity index (χ0n) is 20.8. The molecule has 0 radical (unpaired) electrons. The van der Waals surface area contributed by atoms with Gasteiger partial charge < -0.3 is 11.1 Å². The van der Waals surface area contributed by atoms with Crippen LogP contribution in [-0.2, 0) is 14.4 Å². The van der Waals surface area contributed by atoms with Crippen molar-refractivity contribution in [2.75, 3.05) is 10.9 Å². The average molecular weight is 591 g/mol. The molecule has 7 nitrogen and oxygen atoms in total. The Bertz CT molecular complexity index is 1250. The summed E-state index contributed by atoms with van der Waals surface area (Å²) in [5.74, 6) is -7.29. The average Bonchev–Trinajstić information content (AvgIpc) is 2.99. The highest BCUT2D eigenvalue weighted by Crippen LogP contribution is 2.33. The van der Waals surface area contributed by atoms with E-state index in [4.69, 9.17) is 17.3 Å². The Kier molecular flexibility index (Phi) is 9.82. The summed E-state index contributed by atoms with van der Waals surface area (Å²) in [6.07, 6.45) is -16.4. The van der Waals surface area contributed by atoms with Crippen molar-refractivity contribution in [1.82, 2.24) is 5.32 Å². The summed E-state index contributed by atoms with van der Waals surface area (Å²) in [7, 11) is 0. The van der Waals surface area contributed by atoms with Crippen LogP contribution in [0.3, 0.4) is 0 Å². The molecule has 1 aliphatic rings. The molecule has 1 heterocycles. The third-order valence-electron chi connectivity index (χ3n) is 6.32. The molecule has 0 spiro atoms.